The van der Waals surface area contributed by atoms with E-state index in [1.54, 1.807) is 30.3 Å². The number of hydrogen-bond donors (Lipinski definition) is 0. The molecule has 0 bridgehead atoms. The zero-order valence-corrected chi connectivity index (χ0v) is 36.9. The topological polar surface area (TPSA) is 119 Å². The van der Waals surface area contributed by atoms with E-state index in [2.05, 4.69) is 65.0 Å². The summed E-state index contributed by atoms with van der Waals surface area (Å²) in [5.41, 5.74) is 2.78. The van der Waals surface area contributed by atoms with Crippen molar-refractivity contribution < 1.29 is 53.3 Å². The molecule has 0 unspecified atom stereocenters. The fourth-order valence-electron chi connectivity index (χ4n) is 5.00. The smallest absolute Gasteiger partial charge is 0.338 e. The molecule has 0 aliphatic rings. The summed E-state index contributed by atoms with van der Waals surface area (Å²) in [6.45, 7) is 4.24. The normalized spacial score (nSPS) is 10.9. The van der Waals surface area contributed by atoms with E-state index in [9.17, 15) is 4.79 Å². The molecule has 0 heterocycles. The molecular weight excluding hydrogens is 992 g/mol. The lowest BCUT2D eigenvalue weighted by Gasteiger charge is -2.16. The molecule has 0 spiro atoms. The number of hydrogen-bond acceptors (Lipinski definition) is 12. The highest BCUT2D eigenvalue weighted by atomic mass is 79.9. The summed E-state index contributed by atoms with van der Waals surface area (Å²) >= 11 is 11.9. The fraction of sp³-hybridized carbons (Fsp3) is 0.375. The Morgan fingerprint density at radius 1 is 0.393 bits per heavy atom. The van der Waals surface area contributed by atoms with Crippen molar-refractivity contribution in [2.45, 2.75) is 45.5 Å². The molecule has 0 radical (unpaired) electrons. The molecule has 0 N–H and O–H groups in total. The molecule has 0 saturated carbocycles. The van der Waals surface area contributed by atoms with Crippen LogP contribution in [0.25, 0.3) is 0 Å². The fourth-order valence-corrected chi connectivity index (χ4v) is 5.91. The second kappa shape index (κ2) is 27.5. The maximum Gasteiger partial charge on any atom is 0.338 e. The van der Waals surface area contributed by atoms with Gasteiger partial charge in [0, 0.05) is 43.9 Å². The quantitative estimate of drug-likeness (QED) is 0.0381. The lowest BCUT2D eigenvalue weighted by Crippen LogP contribution is -2.06. The number of benzene rings is 4. The summed E-state index contributed by atoms with van der Waals surface area (Å²) < 4.78 is 62.1. The van der Waals surface area contributed by atoms with Gasteiger partial charge in [-0.05, 0) is 65.2 Å². The lowest BCUT2D eigenvalue weighted by atomic mass is 10.2. The van der Waals surface area contributed by atoms with Crippen molar-refractivity contribution in [2.75, 3.05) is 52.9 Å². The molecule has 4 aromatic rings. The Bertz CT molecular complexity index is 1560. The first kappa shape index (κ1) is 45.6. The van der Waals surface area contributed by atoms with E-state index in [1.807, 2.05) is 54.6 Å². The van der Waals surface area contributed by atoms with Crippen LogP contribution in [0.2, 0.25) is 0 Å². The van der Waals surface area contributed by atoms with E-state index in [0.29, 0.717) is 124 Å². The largest absolute Gasteiger partial charge is 0.493 e. The summed E-state index contributed by atoms with van der Waals surface area (Å²) in [4.78, 5) is 12.8. The second-order valence-electron chi connectivity index (χ2n) is 12.0. The number of halogens is 4. The van der Waals surface area contributed by atoms with E-state index < -0.39 is 5.97 Å². The number of carbonyl (C=O) groups excluding carboxylic acids is 1. The molecular formula is C40H44Br4O12. The van der Waals surface area contributed by atoms with Crippen LogP contribution >= 0.6 is 65.0 Å². The third-order valence-electron chi connectivity index (χ3n) is 7.55. The third kappa shape index (κ3) is 18.0. The van der Waals surface area contributed by atoms with E-state index >= 15 is 0 Å². The Balaban J connectivity index is 1.53. The van der Waals surface area contributed by atoms with Crippen molar-refractivity contribution in [3.63, 3.8) is 0 Å². The van der Waals surface area contributed by atoms with Gasteiger partial charge in [-0.25, -0.2) is 4.79 Å². The Labute approximate surface area is 362 Å². The van der Waals surface area contributed by atoms with Gasteiger partial charge in [-0.3, -0.25) is 0 Å². The van der Waals surface area contributed by atoms with Gasteiger partial charge in [0.25, 0.3) is 0 Å². The van der Waals surface area contributed by atoms with Gasteiger partial charge in [0.2, 0.25) is 0 Å². The van der Waals surface area contributed by atoms with Gasteiger partial charge in [0.05, 0.1) is 123 Å². The minimum Gasteiger partial charge on any atom is -0.493 e. The molecule has 0 saturated heterocycles. The molecule has 4 aromatic carbocycles. The molecule has 0 aromatic heterocycles. The maximum absolute atomic E-state index is 12.8. The van der Waals surface area contributed by atoms with Crippen molar-refractivity contribution >= 4 is 71.0 Å². The van der Waals surface area contributed by atoms with Crippen LogP contribution in [0.4, 0.5) is 0 Å². The van der Waals surface area contributed by atoms with Crippen molar-refractivity contribution in [2.24, 2.45) is 0 Å². The number of carbonyl (C=O) groups is 1. The van der Waals surface area contributed by atoms with Gasteiger partial charge in [-0.2, -0.15) is 0 Å². The predicted octanol–water partition coefficient (Wildman–Crippen LogP) is 10.6. The van der Waals surface area contributed by atoms with Crippen molar-refractivity contribution in [1.82, 2.24) is 0 Å². The number of rotatable bonds is 29. The van der Waals surface area contributed by atoms with E-state index in [-0.39, 0.29) is 19.8 Å². The van der Waals surface area contributed by atoms with Crippen LogP contribution in [-0.4, -0.2) is 58.8 Å². The molecule has 0 amide bonds. The van der Waals surface area contributed by atoms with E-state index in [1.165, 1.54) is 0 Å². The zero-order valence-electron chi connectivity index (χ0n) is 30.6. The SMILES string of the molecule is O=C(OCc1cc(OCc2cc(OCCCOBr)cc(OCCCOBr)c2)cc(OCc2cc(OCCCOBr)cc(OCCCOBr)c2)c1)c1ccccc1. The van der Waals surface area contributed by atoms with E-state index in [0.717, 1.165) is 11.1 Å². The highest BCUT2D eigenvalue weighted by Gasteiger charge is 2.12. The van der Waals surface area contributed by atoms with E-state index in [4.69, 9.17) is 48.5 Å². The first-order valence-electron chi connectivity index (χ1n) is 17.8. The molecule has 4 rings (SSSR count). The van der Waals surface area contributed by atoms with Crippen molar-refractivity contribution in [3.05, 3.63) is 107 Å². The molecule has 56 heavy (non-hydrogen) atoms. The van der Waals surface area contributed by atoms with Gasteiger partial charge >= 0.3 is 5.97 Å². The van der Waals surface area contributed by atoms with Gasteiger partial charge in [0.1, 0.15) is 54.3 Å². The Kier molecular flexibility index (Phi) is 22.4. The van der Waals surface area contributed by atoms with Crippen molar-refractivity contribution in [1.29, 1.82) is 0 Å². The Hall–Kier alpha value is -3.09. The molecule has 12 nitrogen and oxygen atoms in total. The monoisotopic (exact) mass is 1030 g/mol. The summed E-state index contributed by atoms with van der Waals surface area (Å²) in [6, 6.07) is 25.5. The van der Waals surface area contributed by atoms with Crippen LogP contribution in [0, 0.1) is 0 Å². The average Bonchev–Trinajstić information content (AvgIpc) is 3.22. The summed E-state index contributed by atoms with van der Waals surface area (Å²) in [5, 5.41) is 0. The van der Waals surface area contributed by atoms with Crippen LogP contribution in [0.1, 0.15) is 52.7 Å². The second-order valence-corrected chi connectivity index (χ2v) is 13.8. The van der Waals surface area contributed by atoms with Crippen LogP contribution in [0.3, 0.4) is 0 Å². The van der Waals surface area contributed by atoms with Gasteiger partial charge < -0.3 is 48.5 Å². The Morgan fingerprint density at radius 3 is 1.05 bits per heavy atom. The summed E-state index contributed by atoms with van der Waals surface area (Å²) in [7, 11) is 0. The summed E-state index contributed by atoms with van der Waals surface area (Å²) in [6.07, 6.45) is 2.78. The first-order chi connectivity index (χ1) is 27.5. The van der Waals surface area contributed by atoms with Crippen LogP contribution < -0.4 is 28.4 Å². The Morgan fingerprint density at radius 2 is 0.714 bits per heavy atom. The molecule has 0 fully saturated rings. The van der Waals surface area contributed by atoms with Gasteiger partial charge in [-0.1, -0.05) is 18.2 Å². The standard InChI is InChI=1S/C40H44Br4O12/c41-53-14-4-10-46-34-18-30(19-35(24-34)47-11-5-15-54-42)27-50-38-22-32(29-52-40(45)33-8-2-1-3-9-33)23-39(26-38)51-28-31-20-36(48-12-6-16-55-43)25-37(21-31)49-13-7-17-56-44/h1-3,8-9,18-26H,4-7,10-17,27-29H2. The van der Waals surface area contributed by atoms with Crippen LogP contribution in [0.15, 0.2) is 84.9 Å². The lowest BCUT2D eigenvalue weighted by molar-refractivity contribution is 0.0472. The molecule has 0 aliphatic carbocycles. The minimum absolute atomic E-state index is 0.00360. The highest BCUT2D eigenvalue weighted by Crippen LogP contribution is 2.30. The van der Waals surface area contributed by atoms with Gasteiger partial charge in [-0.15, -0.1) is 0 Å². The summed E-state index contributed by atoms with van der Waals surface area (Å²) in [5.74, 6) is 3.14. The van der Waals surface area contributed by atoms with Crippen LogP contribution in [-0.2, 0) is 39.9 Å². The minimum atomic E-state index is -0.441. The molecule has 0 atom stereocenters. The van der Waals surface area contributed by atoms with Crippen molar-refractivity contribution in [3.8, 4) is 34.5 Å². The predicted molar refractivity (Wildman–Crippen MR) is 224 cm³/mol. The van der Waals surface area contributed by atoms with Gasteiger partial charge in [0.15, 0.2) is 0 Å². The first-order valence-corrected chi connectivity index (χ1v) is 20.4. The van der Waals surface area contributed by atoms with Crippen LogP contribution in [0.5, 0.6) is 34.5 Å². The zero-order chi connectivity index (χ0) is 39.6. The maximum atomic E-state index is 12.8. The molecule has 16 heteroatoms. The number of esters is 1. The highest BCUT2D eigenvalue weighted by molar-refractivity contribution is 9.06. The average molecular weight is 1040 g/mol. The molecule has 0 aliphatic heterocycles. The molecule has 304 valence electrons. The number of ether oxygens (including phenoxy) is 7. The third-order valence-corrected chi connectivity index (χ3v) is 8.84.